The highest BCUT2D eigenvalue weighted by Crippen LogP contribution is 2.31. The first kappa shape index (κ1) is 17.6. The third kappa shape index (κ3) is 3.16. The summed E-state index contributed by atoms with van der Waals surface area (Å²) < 4.78 is 0.812. The molecule has 1 aliphatic heterocycles. The number of carbonyl (C=O) groups is 2. The van der Waals surface area contributed by atoms with Crippen molar-refractivity contribution >= 4 is 45.2 Å². The number of hydrogen-bond donors (Lipinski definition) is 2. The van der Waals surface area contributed by atoms with Gasteiger partial charge in [0.25, 0.3) is 17.5 Å². The first-order valence-corrected chi connectivity index (χ1v) is 8.18. The predicted octanol–water partition coefficient (Wildman–Crippen LogP) is 2.83. The number of nitrogens with zero attached hydrogens (tertiary/aromatic N) is 2. The summed E-state index contributed by atoms with van der Waals surface area (Å²) in [5, 5.41) is 22.2. The molecule has 2 amide bonds. The fourth-order valence-corrected chi connectivity index (χ4v) is 2.75. The van der Waals surface area contributed by atoms with Gasteiger partial charge in [-0.1, -0.05) is 15.9 Å². The van der Waals surface area contributed by atoms with Crippen molar-refractivity contribution in [2.75, 3.05) is 5.01 Å². The first-order chi connectivity index (χ1) is 12.3. The van der Waals surface area contributed by atoms with E-state index in [4.69, 9.17) is 0 Å². The number of aryl methyl sites for hydroxylation is 1. The zero-order valence-corrected chi connectivity index (χ0v) is 15.0. The minimum Gasteiger partial charge on any atom is -0.507 e. The Morgan fingerprint density at radius 3 is 2.50 bits per heavy atom. The van der Waals surface area contributed by atoms with Crippen molar-refractivity contribution in [2.45, 2.75) is 6.92 Å². The molecule has 0 radical (unpaired) electrons. The lowest BCUT2D eigenvalue weighted by atomic mass is 10.0. The van der Waals surface area contributed by atoms with Crippen LogP contribution in [0.5, 0.6) is 5.75 Å². The van der Waals surface area contributed by atoms with Crippen molar-refractivity contribution in [2.24, 2.45) is 0 Å². The van der Waals surface area contributed by atoms with Crippen LogP contribution >= 0.6 is 15.9 Å². The van der Waals surface area contributed by atoms with Crippen LogP contribution < -0.4 is 10.4 Å². The summed E-state index contributed by atoms with van der Waals surface area (Å²) in [6.45, 7) is 1.50. The van der Waals surface area contributed by atoms with Gasteiger partial charge in [-0.25, -0.2) is 5.01 Å². The monoisotopic (exact) mass is 417 g/mol. The largest absolute Gasteiger partial charge is 0.507 e. The van der Waals surface area contributed by atoms with Gasteiger partial charge in [-0.2, -0.15) is 0 Å². The zero-order valence-electron chi connectivity index (χ0n) is 13.4. The van der Waals surface area contributed by atoms with E-state index in [2.05, 4.69) is 21.4 Å². The van der Waals surface area contributed by atoms with Gasteiger partial charge in [0, 0.05) is 22.2 Å². The fraction of sp³-hybridized carbons (Fsp3) is 0.0588. The molecular formula is C17H12BrN3O5. The van der Waals surface area contributed by atoms with E-state index in [1.165, 1.54) is 13.0 Å². The van der Waals surface area contributed by atoms with Crippen LogP contribution in [0.25, 0.3) is 6.08 Å². The molecule has 0 spiro atoms. The highest BCUT2D eigenvalue weighted by molar-refractivity contribution is 9.10. The number of non-ortho nitro benzene ring substituents is 1. The zero-order chi connectivity index (χ0) is 19.0. The maximum Gasteiger partial charge on any atom is 0.282 e. The van der Waals surface area contributed by atoms with Crippen LogP contribution in [0, 0.1) is 17.0 Å². The Labute approximate surface area is 156 Å². The van der Waals surface area contributed by atoms with Crippen LogP contribution in [0.4, 0.5) is 11.4 Å². The van der Waals surface area contributed by atoms with Gasteiger partial charge in [-0.05, 0) is 42.8 Å². The molecule has 0 aromatic heterocycles. The molecule has 0 saturated carbocycles. The van der Waals surface area contributed by atoms with Crippen molar-refractivity contribution in [1.82, 2.24) is 5.43 Å². The molecule has 132 valence electrons. The average Bonchev–Trinajstić information content (AvgIpc) is 2.87. The molecule has 0 aliphatic carbocycles. The molecule has 0 bridgehead atoms. The number of nitro groups is 1. The van der Waals surface area contributed by atoms with Gasteiger partial charge >= 0.3 is 0 Å². The molecule has 8 nitrogen and oxygen atoms in total. The van der Waals surface area contributed by atoms with Crippen LogP contribution in [0.15, 0.2) is 46.4 Å². The number of halogens is 1. The number of amides is 2. The lowest BCUT2D eigenvalue weighted by Gasteiger charge is -2.14. The summed E-state index contributed by atoms with van der Waals surface area (Å²) >= 11 is 3.29. The number of rotatable bonds is 3. The average molecular weight is 418 g/mol. The van der Waals surface area contributed by atoms with Crippen molar-refractivity contribution in [1.29, 1.82) is 0 Å². The maximum absolute atomic E-state index is 12.6. The minimum absolute atomic E-state index is 0.0212. The summed E-state index contributed by atoms with van der Waals surface area (Å²) in [5.74, 6) is -1.52. The highest BCUT2D eigenvalue weighted by Gasteiger charge is 2.34. The van der Waals surface area contributed by atoms with Crippen molar-refractivity contribution in [3.8, 4) is 5.75 Å². The molecule has 0 unspecified atom stereocenters. The third-order valence-electron chi connectivity index (χ3n) is 3.80. The Kier molecular flexibility index (Phi) is 4.47. The molecule has 3 rings (SSSR count). The number of carbonyl (C=O) groups excluding carboxylic acids is 2. The normalized spacial score (nSPS) is 15.5. The molecule has 1 saturated heterocycles. The fourth-order valence-electron chi connectivity index (χ4n) is 2.49. The topological polar surface area (TPSA) is 113 Å². The van der Waals surface area contributed by atoms with Gasteiger partial charge in [0.1, 0.15) is 11.3 Å². The van der Waals surface area contributed by atoms with E-state index >= 15 is 0 Å². The van der Waals surface area contributed by atoms with Crippen LogP contribution in [0.1, 0.15) is 11.1 Å². The number of phenolic OH excluding ortho intramolecular Hbond substituents is 1. The van der Waals surface area contributed by atoms with Gasteiger partial charge in [-0.15, -0.1) is 0 Å². The van der Waals surface area contributed by atoms with Crippen LogP contribution in [-0.2, 0) is 9.59 Å². The maximum atomic E-state index is 12.6. The lowest BCUT2D eigenvalue weighted by Crippen LogP contribution is -2.35. The van der Waals surface area contributed by atoms with Gasteiger partial charge in [0.05, 0.1) is 10.6 Å². The van der Waals surface area contributed by atoms with Gasteiger partial charge in [-0.3, -0.25) is 25.1 Å². The number of anilines is 1. The first-order valence-electron chi connectivity index (χ1n) is 7.38. The molecule has 9 heteroatoms. The van der Waals surface area contributed by atoms with E-state index in [1.807, 2.05) is 0 Å². The van der Waals surface area contributed by atoms with E-state index < -0.39 is 16.7 Å². The number of aromatic hydroxyl groups is 1. The van der Waals surface area contributed by atoms with Crippen molar-refractivity contribution in [3.63, 3.8) is 0 Å². The van der Waals surface area contributed by atoms with E-state index in [1.54, 1.807) is 24.3 Å². The number of phenols is 1. The van der Waals surface area contributed by atoms with E-state index in [0.717, 1.165) is 21.6 Å². The number of hydrazine groups is 1. The number of nitro benzene ring substituents is 1. The highest BCUT2D eigenvalue weighted by atomic mass is 79.9. The molecular weight excluding hydrogens is 406 g/mol. The van der Waals surface area contributed by atoms with Crippen LogP contribution in [0.3, 0.4) is 0 Å². The summed E-state index contributed by atoms with van der Waals surface area (Å²) in [6.07, 6.45) is 1.14. The van der Waals surface area contributed by atoms with E-state index in [0.29, 0.717) is 5.69 Å². The van der Waals surface area contributed by atoms with Crippen molar-refractivity contribution in [3.05, 3.63) is 67.7 Å². The minimum atomic E-state index is -0.665. The molecule has 0 atom stereocenters. The molecule has 26 heavy (non-hydrogen) atoms. The Balaban J connectivity index is 2.02. The van der Waals surface area contributed by atoms with Crippen molar-refractivity contribution < 1.29 is 19.6 Å². The van der Waals surface area contributed by atoms with Crippen LogP contribution in [-0.4, -0.2) is 21.8 Å². The van der Waals surface area contributed by atoms with Crippen LogP contribution in [0.2, 0.25) is 0 Å². The molecule has 1 aliphatic rings. The number of hydrogen-bond acceptors (Lipinski definition) is 5. The molecule has 2 N–H and O–H groups in total. The molecule has 2 aromatic carbocycles. The summed E-state index contributed by atoms with van der Waals surface area (Å²) in [6, 6.07) is 9.03. The quantitative estimate of drug-likeness (QED) is 0.345. The second-order valence-electron chi connectivity index (χ2n) is 5.57. The van der Waals surface area contributed by atoms with Gasteiger partial charge in [0.15, 0.2) is 0 Å². The summed E-state index contributed by atoms with van der Waals surface area (Å²) in [7, 11) is 0. The Hall–Kier alpha value is -3.20. The second-order valence-corrected chi connectivity index (χ2v) is 6.49. The summed E-state index contributed by atoms with van der Waals surface area (Å²) in [4.78, 5) is 35.1. The number of nitrogens with one attached hydrogen (secondary N) is 1. The van der Waals surface area contributed by atoms with Gasteiger partial charge in [0.2, 0.25) is 0 Å². The summed E-state index contributed by atoms with van der Waals surface area (Å²) in [5.41, 5.74) is 2.69. The Morgan fingerprint density at radius 2 is 1.88 bits per heavy atom. The third-order valence-corrected chi connectivity index (χ3v) is 4.33. The van der Waals surface area contributed by atoms with E-state index in [-0.39, 0.29) is 28.1 Å². The smallest absolute Gasteiger partial charge is 0.282 e. The van der Waals surface area contributed by atoms with E-state index in [9.17, 15) is 24.8 Å². The molecule has 1 heterocycles. The Bertz CT molecular complexity index is 969. The molecule has 1 fully saturated rings. The SMILES string of the molecule is Cc1cc([N+](=O)[O-])cc(C=C2C(=O)NN(c3ccc(Br)cc3)C2=O)c1O. The predicted molar refractivity (Wildman–Crippen MR) is 97.2 cm³/mol. The second kappa shape index (κ2) is 6.60. The standard InChI is InChI=1S/C17H12BrN3O5/c1-9-6-13(21(25)26)7-10(15(9)22)8-14-16(23)19-20(17(14)24)12-4-2-11(18)3-5-12/h2-8,22H,1H3,(H,19,23). The number of benzene rings is 2. The Morgan fingerprint density at radius 1 is 1.23 bits per heavy atom. The lowest BCUT2D eigenvalue weighted by molar-refractivity contribution is -0.384. The van der Waals surface area contributed by atoms with Gasteiger partial charge < -0.3 is 5.11 Å². The molecule has 2 aromatic rings.